The number of aliphatic carboxylic acids is 3. The summed E-state index contributed by atoms with van der Waals surface area (Å²) in [5.74, 6) is -5.15. The van der Waals surface area contributed by atoms with Crippen LogP contribution in [0.4, 0.5) is 0 Å². The van der Waals surface area contributed by atoms with E-state index in [4.69, 9.17) is 71.2 Å². The molecule has 0 aliphatic rings. The Morgan fingerprint density at radius 1 is 0.543 bits per heavy atom. The Bertz CT molecular complexity index is 545. The van der Waals surface area contributed by atoms with E-state index < -0.39 is 92.2 Å². The average Bonchev–Trinajstić information content (AvgIpc) is 2.78. The smallest absolute Gasteiger partial charge is 0.550 e. The molecule has 0 saturated carbocycles. The van der Waals surface area contributed by atoms with E-state index >= 15 is 0 Å². The van der Waals surface area contributed by atoms with Gasteiger partial charge in [0.05, 0.1) is 25.2 Å². The van der Waals surface area contributed by atoms with Crippen molar-refractivity contribution in [1.82, 2.24) is 0 Å². The number of hydrogen-bond donors (Lipinski definition) is 12. The zero-order valence-corrected chi connectivity index (χ0v) is 20.4. The number of carbonyl (C=O) groups is 3. The van der Waals surface area contributed by atoms with Crippen LogP contribution in [0.3, 0.4) is 0 Å². The summed E-state index contributed by atoms with van der Waals surface area (Å²) in [6.45, 7) is -0.821. The van der Waals surface area contributed by atoms with Gasteiger partial charge in [-0.2, -0.15) is 0 Å². The first-order valence-electron chi connectivity index (χ1n) is 9.00. The van der Waals surface area contributed by atoms with Crippen LogP contribution in [0.1, 0.15) is 6.92 Å². The molecule has 12 N–H and O–H groups in total. The minimum absolute atomic E-state index is 0. The number of aliphatic hydroxyl groups is 12. The van der Waals surface area contributed by atoms with E-state index in [1.807, 2.05) is 0 Å². The molecule has 0 aliphatic carbocycles. The van der Waals surface area contributed by atoms with Gasteiger partial charge in [-0.1, -0.05) is 0 Å². The molecule has 35 heavy (non-hydrogen) atoms. The summed E-state index contributed by atoms with van der Waals surface area (Å²) < 4.78 is 0. The minimum Gasteiger partial charge on any atom is -0.550 e. The molecule has 18 nitrogen and oxygen atoms in total. The van der Waals surface area contributed by atoms with Crippen molar-refractivity contribution >= 4 is 55.6 Å². The van der Waals surface area contributed by atoms with Crippen LogP contribution in [0.5, 0.6) is 0 Å². The number of hydrogen-bond acceptors (Lipinski definition) is 18. The van der Waals surface area contributed by atoms with Crippen LogP contribution in [-0.2, 0) is 14.4 Å². The van der Waals surface area contributed by atoms with Crippen LogP contribution in [0, 0.1) is 0 Å². The summed E-state index contributed by atoms with van der Waals surface area (Å²) in [5.41, 5.74) is 0. The predicted molar refractivity (Wildman–Crippen MR) is 101 cm³/mol. The minimum atomic E-state index is -2.40. The molecule has 10 atom stereocenters. The van der Waals surface area contributed by atoms with Crippen molar-refractivity contribution in [1.29, 1.82) is 0 Å². The van der Waals surface area contributed by atoms with Crippen LogP contribution in [0.25, 0.3) is 0 Å². The Labute approximate surface area is 227 Å². The standard InChI is InChI=1S/2C7H14O8.C2H4O2.Ca/c2*8-1-2(9)3(10)4(11)5(12)6(13)7(14)15;1-2(3)4;/h2*2-6,8-13H,1H2,(H,14,15);1H3,(H,3,4);/q;;;+2/p-3/t2*2-,3-,4+,5-,6?;;/m11../s1. The Hall–Kier alpha value is -0.810. The molecule has 19 heteroatoms. The maximum atomic E-state index is 10.1. The van der Waals surface area contributed by atoms with Crippen molar-refractivity contribution in [3.05, 3.63) is 0 Å². The van der Waals surface area contributed by atoms with E-state index in [-0.39, 0.29) is 37.7 Å². The second kappa shape index (κ2) is 21.3. The Morgan fingerprint density at radius 2 is 0.743 bits per heavy atom. The monoisotopic (exact) mass is 549 g/mol. The van der Waals surface area contributed by atoms with Gasteiger partial charge in [-0.05, 0) is 6.92 Å². The molecule has 0 aliphatic heterocycles. The summed E-state index contributed by atoms with van der Waals surface area (Å²) in [4.78, 5) is 29.1. The average molecular weight is 549 g/mol. The molecule has 0 heterocycles. The second-order valence-corrected chi connectivity index (χ2v) is 6.46. The first-order chi connectivity index (χ1) is 15.4. The van der Waals surface area contributed by atoms with Gasteiger partial charge >= 0.3 is 37.7 Å². The number of aliphatic hydroxyl groups excluding tert-OH is 12. The quantitative estimate of drug-likeness (QED) is 0.100. The fourth-order valence-electron chi connectivity index (χ4n) is 1.73. The van der Waals surface area contributed by atoms with E-state index in [0.717, 1.165) is 6.92 Å². The molecule has 0 amide bonds. The molecule has 0 radical (unpaired) electrons. The van der Waals surface area contributed by atoms with E-state index in [1.54, 1.807) is 0 Å². The van der Waals surface area contributed by atoms with Gasteiger partial charge < -0.3 is 91.0 Å². The van der Waals surface area contributed by atoms with Crippen molar-refractivity contribution < 1.29 is 91.0 Å². The van der Waals surface area contributed by atoms with Crippen LogP contribution in [0.15, 0.2) is 0 Å². The van der Waals surface area contributed by atoms with Crippen molar-refractivity contribution in [2.45, 2.75) is 68.0 Å². The van der Waals surface area contributed by atoms with E-state index in [0.29, 0.717) is 0 Å². The molecular weight excluding hydrogens is 520 g/mol. The first kappa shape index (κ1) is 41.3. The molecule has 0 aromatic carbocycles. The molecular formula is C16H29CaO18-. The zero-order chi connectivity index (χ0) is 27.9. The summed E-state index contributed by atoms with van der Waals surface area (Å²) in [6, 6.07) is 0. The van der Waals surface area contributed by atoms with E-state index in [2.05, 4.69) is 0 Å². The van der Waals surface area contributed by atoms with Crippen LogP contribution in [0.2, 0.25) is 0 Å². The third kappa shape index (κ3) is 17.3. The molecule has 0 aromatic heterocycles. The van der Waals surface area contributed by atoms with Gasteiger partial charge in [-0.25, -0.2) is 0 Å². The number of rotatable bonds is 12. The fraction of sp³-hybridized carbons (Fsp3) is 0.812. The summed E-state index contributed by atoms with van der Waals surface area (Å²) in [7, 11) is 0. The van der Waals surface area contributed by atoms with Gasteiger partial charge in [0.2, 0.25) is 0 Å². The van der Waals surface area contributed by atoms with E-state index in [9.17, 15) is 19.8 Å². The Balaban J connectivity index is -0.000000232. The normalized spacial score (nSPS) is 19.1. The van der Waals surface area contributed by atoms with Gasteiger partial charge in [0.25, 0.3) is 0 Å². The Morgan fingerprint density at radius 3 is 0.886 bits per heavy atom. The second-order valence-electron chi connectivity index (χ2n) is 6.46. The van der Waals surface area contributed by atoms with E-state index in [1.165, 1.54) is 0 Å². The van der Waals surface area contributed by atoms with Gasteiger partial charge in [-0.15, -0.1) is 0 Å². The number of carboxylic acids is 3. The molecule has 0 bridgehead atoms. The molecule has 0 spiro atoms. The summed E-state index contributed by atoms with van der Waals surface area (Å²) in [6.07, 6.45) is -21.0. The molecule has 0 aromatic rings. The summed E-state index contributed by atoms with van der Waals surface area (Å²) in [5, 5.41) is 135. The van der Waals surface area contributed by atoms with Gasteiger partial charge in [0, 0.05) is 5.97 Å². The molecule has 204 valence electrons. The predicted octanol–water partition coefficient (Wildman–Crippen LogP) is -12.6. The third-order valence-corrected chi connectivity index (χ3v) is 3.69. The van der Waals surface area contributed by atoms with Crippen LogP contribution < -0.4 is 15.3 Å². The maximum Gasteiger partial charge on any atom is 2.00 e. The van der Waals surface area contributed by atoms with Gasteiger partial charge in [-0.3, -0.25) is 0 Å². The molecule has 0 rings (SSSR count). The summed E-state index contributed by atoms with van der Waals surface area (Å²) >= 11 is 0. The first-order valence-corrected chi connectivity index (χ1v) is 9.00. The Kier molecular flexibility index (Phi) is 25.1. The van der Waals surface area contributed by atoms with Gasteiger partial charge in [0.1, 0.15) is 61.0 Å². The zero-order valence-electron chi connectivity index (χ0n) is 18.2. The number of carbonyl (C=O) groups excluding carboxylic acids is 3. The van der Waals surface area contributed by atoms with Crippen LogP contribution in [-0.4, -0.2) is 191 Å². The van der Waals surface area contributed by atoms with Crippen molar-refractivity contribution in [2.75, 3.05) is 13.2 Å². The molecule has 2 unspecified atom stereocenters. The van der Waals surface area contributed by atoms with Gasteiger partial charge in [0.15, 0.2) is 0 Å². The van der Waals surface area contributed by atoms with Crippen molar-refractivity contribution in [3.63, 3.8) is 0 Å². The fourth-order valence-corrected chi connectivity index (χ4v) is 1.73. The van der Waals surface area contributed by atoms with Crippen molar-refractivity contribution in [2.24, 2.45) is 0 Å². The largest absolute Gasteiger partial charge is 2.00 e. The third-order valence-electron chi connectivity index (χ3n) is 3.69. The van der Waals surface area contributed by atoms with Crippen LogP contribution >= 0.6 is 0 Å². The van der Waals surface area contributed by atoms with Crippen molar-refractivity contribution in [3.8, 4) is 0 Å². The number of carboxylic acid groups (broad SMARTS) is 3. The SMILES string of the molecule is CC(=O)[O-].O=C([O-])C(O)[C@H](O)[C@@H](O)[C@H](O)[C@H](O)CO.O=C([O-])C(O)[C@H](O)[C@@H](O)[C@H](O)[C@H](O)CO.[Ca+2]. The maximum absolute atomic E-state index is 10.1. The topological polar surface area (TPSA) is 363 Å². The molecule has 0 saturated heterocycles. The molecule has 0 fully saturated rings.